The first-order valence-corrected chi connectivity index (χ1v) is 9.29. The number of nitrogens with two attached hydrogens (primary N) is 1. The Balaban J connectivity index is 1.52. The number of benzene rings is 2. The van der Waals surface area contributed by atoms with Gasteiger partial charge in [-0.05, 0) is 48.9 Å². The standard InChI is InChI=1S/C21H26N4O3/c1-15-3-4-16(21(22)27)13-19(15)23-14-20(26)25-11-9-24(10-12-25)17-5-7-18(28-2)8-6-17/h3-8,13,23H,9-12,14H2,1-2H3,(H2,22,27). The zero-order chi connectivity index (χ0) is 20.1. The molecular weight excluding hydrogens is 356 g/mol. The van der Waals surface area contributed by atoms with Crippen LogP contribution in [0.1, 0.15) is 15.9 Å². The van der Waals surface area contributed by atoms with Crippen LogP contribution in [0.2, 0.25) is 0 Å². The number of primary amides is 1. The molecule has 3 rings (SSSR count). The van der Waals surface area contributed by atoms with E-state index in [-0.39, 0.29) is 12.5 Å². The normalized spacial score (nSPS) is 13.9. The third kappa shape index (κ3) is 4.54. The highest BCUT2D eigenvalue weighted by molar-refractivity contribution is 5.94. The SMILES string of the molecule is COc1ccc(N2CCN(C(=O)CNc3cc(C(N)=O)ccc3C)CC2)cc1. The van der Waals surface area contributed by atoms with Crippen molar-refractivity contribution in [1.82, 2.24) is 4.90 Å². The summed E-state index contributed by atoms with van der Waals surface area (Å²) < 4.78 is 5.19. The molecule has 148 valence electrons. The number of aryl methyl sites for hydroxylation is 1. The molecule has 1 fully saturated rings. The molecule has 1 aliphatic heterocycles. The predicted molar refractivity (Wildman–Crippen MR) is 110 cm³/mol. The van der Waals surface area contributed by atoms with Gasteiger partial charge < -0.3 is 25.6 Å². The molecule has 2 amide bonds. The maximum Gasteiger partial charge on any atom is 0.248 e. The molecule has 0 spiro atoms. The molecule has 0 aliphatic carbocycles. The minimum atomic E-state index is -0.482. The fraction of sp³-hybridized carbons (Fsp3) is 0.333. The highest BCUT2D eigenvalue weighted by Gasteiger charge is 2.21. The maximum atomic E-state index is 12.6. The van der Waals surface area contributed by atoms with Gasteiger partial charge in [0.2, 0.25) is 11.8 Å². The van der Waals surface area contributed by atoms with Gasteiger partial charge in [-0.2, -0.15) is 0 Å². The van der Waals surface area contributed by atoms with Gasteiger partial charge in [0.25, 0.3) is 0 Å². The number of hydrogen-bond donors (Lipinski definition) is 2. The number of piperazine rings is 1. The molecule has 28 heavy (non-hydrogen) atoms. The van der Waals surface area contributed by atoms with Gasteiger partial charge in [0, 0.05) is 43.1 Å². The number of rotatable bonds is 6. The Morgan fingerprint density at radius 2 is 1.75 bits per heavy atom. The Bertz CT molecular complexity index is 843. The molecule has 3 N–H and O–H groups in total. The number of methoxy groups -OCH3 is 1. The van der Waals surface area contributed by atoms with E-state index in [1.54, 1.807) is 19.2 Å². The Morgan fingerprint density at radius 1 is 1.07 bits per heavy atom. The molecule has 0 saturated carbocycles. The monoisotopic (exact) mass is 382 g/mol. The van der Waals surface area contributed by atoms with Gasteiger partial charge in [-0.15, -0.1) is 0 Å². The van der Waals surface area contributed by atoms with Crippen LogP contribution in [0.15, 0.2) is 42.5 Å². The minimum absolute atomic E-state index is 0.0401. The highest BCUT2D eigenvalue weighted by Crippen LogP contribution is 2.21. The second kappa shape index (κ2) is 8.65. The van der Waals surface area contributed by atoms with Gasteiger partial charge in [-0.1, -0.05) is 6.07 Å². The van der Waals surface area contributed by atoms with E-state index in [1.807, 2.05) is 42.2 Å². The Labute approximate surface area is 165 Å². The van der Waals surface area contributed by atoms with Crippen LogP contribution in [0.25, 0.3) is 0 Å². The molecule has 0 radical (unpaired) electrons. The second-order valence-electron chi connectivity index (χ2n) is 6.81. The number of carbonyl (C=O) groups is 2. The van der Waals surface area contributed by atoms with Crippen LogP contribution < -0.4 is 20.7 Å². The first-order valence-electron chi connectivity index (χ1n) is 9.29. The van der Waals surface area contributed by atoms with Gasteiger partial charge in [0.05, 0.1) is 13.7 Å². The van der Waals surface area contributed by atoms with Crippen LogP contribution in [0.4, 0.5) is 11.4 Å². The summed E-state index contributed by atoms with van der Waals surface area (Å²) in [7, 11) is 1.65. The van der Waals surface area contributed by atoms with E-state index >= 15 is 0 Å². The first kappa shape index (κ1) is 19.5. The van der Waals surface area contributed by atoms with Gasteiger partial charge in [-0.25, -0.2) is 0 Å². The molecule has 0 atom stereocenters. The van der Waals surface area contributed by atoms with E-state index in [4.69, 9.17) is 10.5 Å². The van der Waals surface area contributed by atoms with Crippen LogP contribution in [-0.4, -0.2) is 56.5 Å². The number of amides is 2. The number of ether oxygens (including phenoxy) is 1. The molecule has 1 heterocycles. The number of nitrogens with one attached hydrogen (secondary N) is 1. The van der Waals surface area contributed by atoms with Gasteiger partial charge in [-0.3, -0.25) is 9.59 Å². The summed E-state index contributed by atoms with van der Waals surface area (Å²) in [5.74, 6) is 0.390. The van der Waals surface area contributed by atoms with E-state index in [9.17, 15) is 9.59 Å². The van der Waals surface area contributed by atoms with Crippen LogP contribution >= 0.6 is 0 Å². The summed E-state index contributed by atoms with van der Waals surface area (Å²) in [6.45, 7) is 5.03. The first-order chi connectivity index (χ1) is 13.5. The lowest BCUT2D eigenvalue weighted by Gasteiger charge is -2.36. The summed E-state index contributed by atoms with van der Waals surface area (Å²) in [6.07, 6.45) is 0. The zero-order valence-corrected chi connectivity index (χ0v) is 16.3. The third-order valence-corrected chi connectivity index (χ3v) is 5.02. The van der Waals surface area contributed by atoms with Crippen molar-refractivity contribution in [2.24, 2.45) is 5.73 Å². The summed E-state index contributed by atoms with van der Waals surface area (Å²) in [6, 6.07) is 13.1. The maximum absolute atomic E-state index is 12.6. The van der Waals surface area contributed by atoms with E-state index in [1.165, 1.54) is 0 Å². The lowest BCUT2D eigenvalue weighted by molar-refractivity contribution is -0.129. The summed E-state index contributed by atoms with van der Waals surface area (Å²) in [5.41, 5.74) is 8.60. The largest absolute Gasteiger partial charge is 0.497 e. The number of carbonyl (C=O) groups excluding carboxylic acids is 2. The van der Waals surface area contributed by atoms with Crippen molar-refractivity contribution in [3.8, 4) is 5.75 Å². The molecule has 0 aromatic heterocycles. The molecule has 0 unspecified atom stereocenters. The van der Waals surface area contributed by atoms with E-state index in [0.717, 1.165) is 35.8 Å². The van der Waals surface area contributed by atoms with Gasteiger partial charge >= 0.3 is 0 Å². The van der Waals surface area contributed by atoms with Gasteiger partial charge in [0.15, 0.2) is 0 Å². The second-order valence-corrected chi connectivity index (χ2v) is 6.81. The van der Waals surface area contributed by atoms with Gasteiger partial charge in [0.1, 0.15) is 5.75 Å². The van der Waals surface area contributed by atoms with E-state index < -0.39 is 5.91 Å². The number of anilines is 2. The molecular formula is C21H26N4O3. The summed E-state index contributed by atoms with van der Waals surface area (Å²) in [5, 5.41) is 3.13. The highest BCUT2D eigenvalue weighted by atomic mass is 16.5. The minimum Gasteiger partial charge on any atom is -0.497 e. The molecule has 1 aliphatic rings. The molecule has 7 nitrogen and oxygen atoms in total. The van der Waals surface area contributed by atoms with Crippen LogP contribution in [0.5, 0.6) is 5.75 Å². The van der Waals surface area contributed by atoms with Crippen molar-refractivity contribution < 1.29 is 14.3 Å². The summed E-state index contributed by atoms with van der Waals surface area (Å²) in [4.78, 5) is 28.0. The number of hydrogen-bond acceptors (Lipinski definition) is 5. The van der Waals surface area contributed by atoms with Crippen LogP contribution in [0.3, 0.4) is 0 Å². The molecule has 0 bridgehead atoms. The van der Waals surface area contributed by atoms with Crippen molar-refractivity contribution in [1.29, 1.82) is 0 Å². The molecule has 1 saturated heterocycles. The predicted octanol–water partition coefficient (Wildman–Crippen LogP) is 1.86. The summed E-state index contributed by atoms with van der Waals surface area (Å²) >= 11 is 0. The van der Waals surface area contributed by atoms with Crippen molar-refractivity contribution >= 4 is 23.2 Å². The smallest absolute Gasteiger partial charge is 0.248 e. The molecule has 2 aromatic rings. The fourth-order valence-electron chi connectivity index (χ4n) is 3.26. The van der Waals surface area contributed by atoms with Crippen LogP contribution in [0, 0.1) is 6.92 Å². The lowest BCUT2D eigenvalue weighted by atomic mass is 10.1. The van der Waals surface area contributed by atoms with E-state index in [0.29, 0.717) is 18.7 Å². The van der Waals surface area contributed by atoms with Crippen molar-refractivity contribution in [3.63, 3.8) is 0 Å². The van der Waals surface area contributed by atoms with Crippen molar-refractivity contribution in [3.05, 3.63) is 53.6 Å². The quantitative estimate of drug-likeness (QED) is 0.796. The third-order valence-electron chi connectivity index (χ3n) is 5.02. The molecule has 7 heteroatoms. The van der Waals surface area contributed by atoms with E-state index in [2.05, 4.69) is 10.2 Å². The fourth-order valence-corrected chi connectivity index (χ4v) is 3.26. The lowest BCUT2D eigenvalue weighted by Crippen LogP contribution is -2.50. The zero-order valence-electron chi connectivity index (χ0n) is 16.3. The van der Waals surface area contributed by atoms with Crippen molar-refractivity contribution in [2.75, 3.05) is 50.1 Å². The Hall–Kier alpha value is -3.22. The average Bonchev–Trinajstić information content (AvgIpc) is 2.73. The van der Waals surface area contributed by atoms with Crippen LogP contribution in [-0.2, 0) is 4.79 Å². The Kier molecular flexibility index (Phi) is 6.03. The molecule has 2 aromatic carbocycles. The topological polar surface area (TPSA) is 87.9 Å². The Morgan fingerprint density at radius 3 is 2.36 bits per heavy atom. The average molecular weight is 382 g/mol. The number of nitrogens with zero attached hydrogens (tertiary/aromatic N) is 2. The van der Waals surface area contributed by atoms with Crippen molar-refractivity contribution in [2.45, 2.75) is 6.92 Å².